The highest BCUT2D eigenvalue weighted by Gasteiger charge is 2.49. The van der Waals surface area contributed by atoms with Crippen molar-refractivity contribution in [3.8, 4) is 0 Å². The molecule has 0 aromatic heterocycles. The van der Waals surface area contributed by atoms with Crippen LogP contribution in [-0.2, 0) is 23.9 Å². The van der Waals surface area contributed by atoms with Crippen LogP contribution in [0.4, 0.5) is 0 Å². The quantitative estimate of drug-likeness (QED) is 0.400. The lowest BCUT2D eigenvalue weighted by Crippen LogP contribution is -2.37. The number of hydrogen-bond donors (Lipinski definition) is 0. The molecule has 0 saturated heterocycles. The molecule has 0 amide bonds. The minimum atomic E-state index is -1.16. The smallest absolute Gasteiger partial charge is 0.319 e. The molecule has 0 radical (unpaired) electrons. The summed E-state index contributed by atoms with van der Waals surface area (Å²) in [5, 5.41) is 0. The molecule has 1 fully saturated rings. The van der Waals surface area contributed by atoms with E-state index in [0.29, 0.717) is 25.9 Å². The van der Waals surface area contributed by atoms with Crippen LogP contribution in [0, 0.1) is 5.41 Å². The van der Waals surface area contributed by atoms with Crippen molar-refractivity contribution < 1.29 is 23.9 Å². The summed E-state index contributed by atoms with van der Waals surface area (Å²) in [5.74, 6) is -1.07. The molecule has 1 unspecified atom stereocenters. The van der Waals surface area contributed by atoms with Crippen LogP contribution >= 0.6 is 0 Å². The van der Waals surface area contributed by atoms with Crippen molar-refractivity contribution in [2.45, 2.75) is 39.0 Å². The Labute approximate surface area is 112 Å². The standard InChI is InChI=1S/C14H20O5/c1-3-10-19-13(17)14(8-5-6-11(14)15)9-7-12(16)18-4-2/h3H,1,4-10H2,2H3. The van der Waals surface area contributed by atoms with E-state index < -0.39 is 17.4 Å². The molecular weight excluding hydrogens is 248 g/mol. The summed E-state index contributed by atoms with van der Waals surface area (Å²) in [4.78, 5) is 35.4. The molecule has 19 heavy (non-hydrogen) atoms. The van der Waals surface area contributed by atoms with Gasteiger partial charge in [0, 0.05) is 12.8 Å². The SMILES string of the molecule is C=CCOC(=O)C1(CCC(=O)OCC)CCCC1=O. The predicted molar refractivity (Wildman–Crippen MR) is 68.3 cm³/mol. The van der Waals surface area contributed by atoms with Gasteiger partial charge in [0.05, 0.1) is 6.61 Å². The van der Waals surface area contributed by atoms with E-state index in [1.165, 1.54) is 6.08 Å². The molecule has 1 saturated carbocycles. The number of carbonyl (C=O) groups excluding carboxylic acids is 3. The normalized spacial score (nSPS) is 22.1. The first-order valence-corrected chi connectivity index (χ1v) is 6.54. The van der Waals surface area contributed by atoms with E-state index >= 15 is 0 Å². The van der Waals surface area contributed by atoms with Crippen LogP contribution < -0.4 is 0 Å². The highest BCUT2D eigenvalue weighted by atomic mass is 16.5. The number of hydrogen-bond acceptors (Lipinski definition) is 5. The number of Topliss-reactive ketones (excluding diaryl/α,β-unsaturated/α-hetero) is 1. The Morgan fingerprint density at radius 3 is 2.68 bits per heavy atom. The van der Waals surface area contributed by atoms with Crippen LogP contribution in [0.5, 0.6) is 0 Å². The molecule has 5 nitrogen and oxygen atoms in total. The minimum absolute atomic E-state index is 0.0583. The molecular formula is C14H20O5. The van der Waals surface area contributed by atoms with Gasteiger partial charge in [-0.05, 0) is 26.2 Å². The molecule has 0 bridgehead atoms. The molecule has 1 aliphatic rings. The maximum atomic E-state index is 12.1. The first-order chi connectivity index (χ1) is 9.06. The summed E-state index contributed by atoms with van der Waals surface area (Å²) in [7, 11) is 0. The van der Waals surface area contributed by atoms with Gasteiger partial charge in [0.1, 0.15) is 17.8 Å². The Morgan fingerprint density at radius 2 is 2.16 bits per heavy atom. The Kier molecular flexibility index (Phi) is 5.73. The van der Waals surface area contributed by atoms with Gasteiger partial charge in [-0.25, -0.2) is 0 Å². The number of carbonyl (C=O) groups is 3. The first kappa shape index (κ1) is 15.4. The molecule has 0 aromatic rings. The minimum Gasteiger partial charge on any atom is -0.466 e. The van der Waals surface area contributed by atoms with Crippen molar-refractivity contribution in [3.05, 3.63) is 12.7 Å². The van der Waals surface area contributed by atoms with Gasteiger partial charge in [-0.2, -0.15) is 0 Å². The van der Waals surface area contributed by atoms with Crippen molar-refractivity contribution in [1.82, 2.24) is 0 Å². The molecule has 5 heteroatoms. The summed E-state index contributed by atoms with van der Waals surface area (Å²) >= 11 is 0. The van der Waals surface area contributed by atoms with Crippen LogP contribution in [0.25, 0.3) is 0 Å². The monoisotopic (exact) mass is 268 g/mol. The Bertz CT molecular complexity index is 374. The van der Waals surface area contributed by atoms with Crippen LogP contribution in [0.3, 0.4) is 0 Å². The molecule has 0 aromatic carbocycles. The number of ether oxygens (including phenoxy) is 2. The number of esters is 2. The van der Waals surface area contributed by atoms with Gasteiger partial charge in [-0.15, -0.1) is 0 Å². The maximum Gasteiger partial charge on any atom is 0.319 e. The van der Waals surface area contributed by atoms with E-state index in [0.717, 1.165) is 0 Å². The van der Waals surface area contributed by atoms with E-state index in [1.54, 1.807) is 6.92 Å². The van der Waals surface area contributed by atoms with Crippen molar-refractivity contribution in [2.75, 3.05) is 13.2 Å². The van der Waals surface area contributed by atoms with Gasteiger partial charge in [0.2, 0.25) is 0 Å². The molecule has 1 atom stereocenters. The third kappa shape index (κ3) is 3.66. The predicted octanol–water partition coefficient (Wildman–Crippen LogP) is 1.80. The molecule has 1 rings (SSSR count). The number of ketones is 1. The fourth-order valence-corrected chi connectivity index (χ4v) is 2.33. The molecule has 0 aliphatic heterocycles. The average molecular weight is 268 g/mol. The molecule has 106 valence electrons. The topological polar surface area (TPSA) is 69.7 Å². The zero-order valence-electron chi connectivity index (χ0n) is 11.3. The average Bonchev–Trinajstić information content (AvgIpc) is 2.76. The van der Waals surface area contributed by atoms with Gasteiger partial charge in [-0.3, -0.25) is 14.4 Å². The molecule has 0 N–H and O–H groups in total. The third-order valence-corrected chi connectivity index (χ3v) is 3.33. The fraction of sp³-hybridized carbons (Fsp3) is 0.643. The highest BCUT2D eigenvalue weighted by molar-refractivity contribution is 6.05. The summed E-state index contributed by atoms with van der Waals surface area (Å²) < 4.78 is 9.84. The Hall–Kier alpha value is -1.65. The van der Waals surface area contributed by atoms with Crippen LogP contribution in [0.2, 0.25) is 0 Å². The lowest BCUT2D eigenvalue weighted by molar-refractivity contribution is -0.159. The highest BCUT2D eigenvalue weighted by Crippen LogP contribution is 2.40. The summed E-state index contributed by atoms with van der Waals surface area (Å²) in [6.45, 7) is 5.55. The second kappa shape index (κ2) is 7.07. The van der Waals surface area contributed by atoms with Crippen molar-refractivity contribution in [1.29, 1.82) is 0 Å². The van der Waals surface area contributed by atoms with Gasteiger partial charge >= 0.3 is 11.9 Å². The lowest BCUT2D eigenvalue weighted by atomic mass is 9.80. The van der Waals surface area contributed by atoms with E-state index in [9.17, 15) is 14.4 Å². The fourth-order valence-electron chi connectivity index (χ4n) is 2.33. The second-order valence-corrected chi connectivity index (χ2v) is 4.55. The van der Waals surface area contributed by atoms with Gasteiger partial charge in [-0.1, -0.05) is 12.7 Å². The van der Waals surface area contributed by atoms with Crippen LogP contribution in [-0.4, -0.2) is 30.9 Å². The van der Waals surface area contributed by atoms with Crippen LogP contribution in [0.15, 0.2) is 12.7 Å². The summed E-state index contributed by atoms with van der Waals surface area (Å²) in [6.07, 6.45) is 3.15. The first-order valence-electron chi connectivity index (χ1n) is 6.54. The van der Waals surface area contributed by atoms with Crippen molar-refractivity contribution >= 4 is 17.7 Å². The lowest BCUT2D eigenvalue weighted by Gasteiger charge is -2.24. The third-order valence-electron chi connectivity index (χ3n) is 3.33. The van der Waals surface area contributed by atoms with Gasteiger partial charge in [0.15, 0.2) is 0 Å². The van der Waals surface area contributed by atoms with Gasteiger partial charge < -0.3 is 9.47 Å². The van der Waals surface area contributed by atoms with Crippen LogP contribution in [0.1, 0.15) is 39.0 Å². The van der Waals surface area contributed by atoms with E-state index in [4.69, 9.17) is 9.47 Å². The van der Waals surface area contributed by atoms with E-state index in [2.05, 4.69) is 6.58 Å². The Balaban J connectivity index is 2.71. The van der Waals surface area contributed by atoms with E-state index in [1.807, 2.05) is 0 Å². The zero-order valence-corrected chi connectivity index (χ0v) is 11.3. The summed E-state index contributed by atoms with van der Waals surface area (Å²) in [5.41, 5.74) is -1.16. The number of rotatable bonds is 7. The summed E-state index contributed by atoms with van der Waals surface area (Å²) in [6, 6.07) is 0. The second-order valence-electron chi connectivity index (χ2n) is 4.55. The maximum absolute atomic E-state index is 12.1. The van der Waals surface area contributed by atoms with Crippen molar-refractivity contribution in [3.63, 3.8) is 0 Å². The zero-order chi connectivity index (χ0) is 14.3. The van der Waals surface area contributed by atoms with E-state index in [-0.39, 0.29) is 25.2 Å². The molecule has 1 aliphatic carbocycles. The largest absolute Gasteiger partial charge is 0.466 e. The molecule has 0 spiro atoms. The molecule has 0 heterocycles. The van der Waals surface area contributed by atoms with Gasteiger partial charge in [0.25, 0.3) is 0 Å². The Morgan fingerprint density at radius 1 is 1.42 bits per heavy atom. The van der Waals surface area contributed by atoms with Crippen molar-refractivity contribution in [2.24, 2.45) is 5.41 Å².